The third-order valence-electron chi connectivity index (χ3n) is 3.66. The van der Waals surface area contributed by atoms with Crippen LogP contribution in [0.5, 0.6) is 0 Å². The molecule has 21 heavy (non-hydrogen) atoms. The van der Waals surface area contributed by atoms with E-state index in [9.17, 15) is 9.59 Å². The van der Waals surface area contributed by atoms with Crippen LogP contribution in [0.15, 0.2) is 65.1 Å². The van der Waals surface area contributed by atoms with E-state index in [1.807, 2.05) is 48.5 Å². The van der Waals surface area contributed by atoms with Crippen molar-refractivity contribution < 1.29 is 14.0 Å². The molecule has 0 amide bonds. The van der Waals surface area contributed by atoms with E-state index in [-0.39, 0.29) is 5.76 Å². The number of furan rings is 1. The SMILES string of the molecule is O=C1C(=O)c2oc(-c3ccccc3)cc2-c2ccccc21. The maximum Gasteiger partial charge on any atom is 0.269 e. The fourth-order valence-electron chi connectivity index (χ4n) is 2.65. The van der Waals surface area contributed by atoms with Gasteiger partial charge in [-0.1, -0.05) is 54.6 Å². The average Bonchev–Trinajstić information content (AvgIpc) is 2.99. The average molecular weight is 274 g/mol. The van der Waals surface area contributed by atoms with Crippen LogP contribution < -0.4 is 0 Å². The van der Waals surface area contributed by atoms with Gasteiger partial charge in [-0.15, -0.1) is 0 Å². The monoisotopic (exact) mass is 274 g/mol. The van der Waals surface area contributed by atoms with Crippen molar-refractivity contribution in [3.63, 3.8) is 0 Å². The summed E-state index contributed by atoms with van der Waals surface area (Å²) in [5, 5.41) is 0. The summed E-state index contributed by atoms with van der Waals surface area (Å²) in [5.74, 6) is -0.353. The van der Waals surface area contributed by atoms with Gasteiger partial charge in [0.2, 0.25) is 5.78 Å². The second-order valence-corrected chi connectivity index (χ2v) is 4.92. The zero-order valence-electron chi connectivity index (χ0n) is 11.0. The van der Waals surface area contributed by atoms with Crippen LogP contribution in [0.1, 0.15) is 20.9 Å². The highest BCUT2D eigenvalue weighted by Gasteiger charge is 2.34. The van der Waals surface area contributed by atoms with Crippen LogP contribution in [0.2, 0.25) is 0 Å². The maximum absolute atomic E-state index is 12.2. The van der Waals surface area contributed by atoms with Gasteiger partial charge in [0.25, 0.3) is 5.78 Å². The molecule has 3 nitrogen and oxygen atoms in total. The highest BCUT2D eigenvalue weighted by molar-refractivity contribution is 6.52. The summed E-state index contributed by atoms with van der Waals surface area (Å²) in [4.78, 5) is 24.3. The second kappa shape index (κ2) is 4.28. The molecule has 3 aromatic rings. The molecule has 1 aromatic heterocycles. The standard InChI is InChI=1S/C18H10O3/c19-16-13-9-5-4-8-12(13)14-10-15(21-18(14)17(16)20)11-6-2-1-3-7-11/h1-10H. The lowest BCUT2D eigenvalue weighted by Crippen LogP contribution is -2.19. The molecule has 0 saturated carbocycles. The molecule has 0 saturated heterocycles. The Kier molecular flexibility index (Phi) is 2.42. The van der Waals surface area contributed by atoms with Gasteiger partial charge in [0, 0.05) is 16.7 Å². The Morgan fingerprint density at radius 1 is 0.667 bits per heavy atom. The fourth-order valence-corrected chi connectivity index (χ4v) is 2.65. The number of ketones is 2. The first-order valence-corrected chi connectivity index (χ1v) is 6.63. The van der Waals surface area contributed by atoms with E-state index < -0.39 is 11.6 Å². The van der Waals surface area contributed by atoms with Crippen LogP contribution in [0, 0.1) is 0 Å². The van der Waals surface area contributed by atoms with Gasteiger partial charge in [-0.2, -0.15) is 0 Å². The normalized spacial score (nSPS) is 13.0. The van der Waals surface area contributed by atoms with Gasteiger partial charge >= 0.3 is 0 Å². The van der Waals surface area contributed by atoms with Crippen LogP contribution in [-0.2, 0) is 0 Å². The molecule has 0 N–H and O–H groups in total. The van der Waals surface area contributed by atoms with E-state index in [1.54, 1.807) is 12.1 Å². The van der Waals surface area contributed by atoms with Crippen molar-refractivity contribution in [3.05, 3.63) is 72.0 Å². The van der Waals surface area contributed by atoms with E-state index in [2.05, 4.69) is 0 Å². The molecular weight excluding hydrogens is 264 g/mol. The maximum atomic E-state index is 12.2. The Morgan fingerprint density at radius 3 is 2.10 bits per heavy atom. The number of fused-ring (bicyclic) bond motifs is 3. The topological polar surface area (TPSA) is 47.3 Å². The Labute approximate surface area is 120 Å². The van der Waals surface area contributed by atoms with Gasteiger partial charge in [-0.25, -0.2) is 0 Å². The van der Waals surface area contributed by atoms with Crippen molar-refractivity contribution in [2.45, 2.75) is 0 Å². The first-order valence-electron chi connectivity index (χ1n) is 6.63. The smallest absolute Gasteiger partial charge is 0.269 e. The number of carbonyl (C=O) groups is 2. The minimum atomic E-state index is -0.578. The van der Waals surface area contributed by atoms with Gasteiger partial charge < -0.3 is 4.42 Å². The fraction of sp³-hybridized carbons (Fsp3) is 0. The molecule has 1 heterocycles. The Balaban J connectivity index is 1.97. The molecule has 0 aliphatic heterocycles. The van der Waals surface area contributed by atoms with Crippen molar-refractivity contribution in [2.24, 2.45) is 0 Å². The minimum Gasteiger partial charge on any atom is -0.452 e. The van der Waals surface area contributed by atoms with E-state index >= 15 is 0 Å². The lowest BCUT2D eigenvalue weighted by atomic mass is 9.88. The van der Waals surface area contributed by atoms with Crippen LogP contribution in [-0.4, -0.2) is 11.6 Å². The molecule has 3 heteroatoms. The van der Waals surface area contributed by atoms with Crippen LogP contribution in [0.25, 0.3) is 22.5 Å². The molecule has 0 bridgehead atoms. The predicted octanol–water partition coefficient (Wildman–Crippen LogP) is 3.99. The molecule has 100 valence electrons. The number of benzene rings is 2. The summed E-state index contributed by atoms with van der Waals surface area (Å²) < 4.78 is 5.66. The predicted molar refractivity (Wildman–Crippen MR) is 78.2 cm³/mol. The minimum absolute atomic E-state index is 0.137. The van der Waals surface area contributed by atoms with Crippen LogP contribution >= 0.6 is 0 Å². The molecule has 1 aliphatic rings. The zero-order chi connectivity index (χ0) is 14.4. The number of Topliss-reactive ketones (excluding diaryl/α,β-unsaturated/α-hetero) is 2. The van der Waals surface area contributed by atoms with E-state index in [0.717, 1.165) is 11.1 Å². The Bertz CT molecular complexity index is 872. The molecule has 0 unspecified atom stereocenters. The lowest BCUT2D eigenvalue weighted by Gasteiger charge is -2.12. The van der Waals surface area contributed by atoms with E-state index in [1.165, 1.54) is 0 Å². The molecular formula is C18H10O3. The molecule has 1 aliphatic carbocycles. The Hall–Kier alpha value is -2.94. The zero-order valence-corrected chi connectivity index (χ0v) is 11.0. The van der Waals surface area contributed by atoms with Crippen LogP contribution in [0.4, 0.5) is 0 Å². The van der Waals surface area contributed by atoms with Crippen molar-refractivity contribution in [3.8, 4) is 22.5 Å². The van der Waals surface area contributed by atoms with Crippen molar-refractivity contribution in [1.82, 2.24) is 0 Å². The first-order chi connectivity index (χ1) is 10.3. The number of carbonyl (C=O) groups excluding carboxylic acids is 2. The van der Waals surface area contributed by atoms with Crippen LogP contribution in [0.3, 0.4) is 0 Å². The highest BCUT2D eigenvalue weighted by Crippen LogP contribution is 2.38. The third kappa shape index (κ3) is 1.68. The van der Waals surface area contributed by atoms with Crippen molar-refractivity contribution in [2.75, 3.05) is 0 Å². The van der Waals surface area contributed by atoms with Gasteiger partial charge in [0.05, 0.1) is 0 Å². The molecule has 2 aromatic carbocycles. The molecule has 0 fully saturated rings. The van der Waals surface area contributed by atoms with Gasteiger partial charge in [-0.05, 0) is 11.6 Å². The highest BCUT2D eigenvalue weighted by atomic mass is 16.4. The summed E-state index contributed by atoms with van der Waals surface area (Å²) in [6, 6.07) is 18.5. The quantitative estimate of drug-likeness (QED) is 0.630. The molecule has 4 rings (SSSR count). The summed E-state index contributed by atoms with van der Waals surface area (Å²) in [6.07, 6.45) is 0. The van der Waals surface area contributed by atoms with E-state index in [4.69, 9.17) is 4.42 Å². The number of rotatable bonds is 1. The van der Waals surface area contributed by atoms with Gasteiger partial charge in [-0.3, -0.25) is 9.59 Å². The van der Waals surface area contributed by atoms with Crippen molar-refractivity contribution >= 4 is 11.6 Å². The Morgan fingerprint density at radius 2 is 1.33 bits per heavy atom. The number of hydrogen-bond donors (Lipinski definition) is 0. The summed E-state index contributed by atoms with van der Waals surface area (Å²) in [5.41, 5.74) is 2.76. The molecule has 0 atom stereocenters. The molecule has 0 spiro atoms. The van der Waals surface area contributed by atoms with Crippen molar-refractivity contribution in [1.29, 1.82) is 0 Å². The summed E-state index contributed by atoms with van der Waals surface area (Å²) in [7, 11) is 0. The molecule has 0 radical (unpaired) electrons. The third-order valence-corrected chi connectivity index (χ3v) is 3.66. The summed E-state index contributed by atoms with van der Waals surface area (Å²) >= 11 is 0. The number of hydrogen-bond acceptors (Lipinski definition) is 3. The lowest BCUT2D eigenvalue weighted by molar-refractivity contribution is 0.0799. The first kappa shape index (κ1) is 11.9. The second-order valence-electron chi connectivity index (χ2n) is 4.92. The largest absolute Gasteiger partial charge is 0.452 e. The summed E-state index contributed by atoms with van der Waals surface area (Å²) in [6.45, 7) is 0. The van der Waals surface area contributed by atoms with Gasteiger partial charge in [0.15, 0.2) is 5.76 Å². The van der Waals surface area contributed by atoms with E-state index in [0.29, 0.717) is 16.9 Å². The van der Waals surface area contributed by atoms with Gasteiger partial charge in [0.1, 0.15) is 5.76 Å².